The van der Waals surface area contributed by atoms with Crippen LogP contribution < -0.4 is 0 Å². The predicted molar refractivity (Wildman–Crippen MR) is 78.3 cm³/mol. The van der Waals surface area contributed by atoms with Crippen LogP contribution in [0.1, 0.15) is 48.9 Å². The molecule has 2 nitrogen and oxygen atoms in total. The normalized spacial score (nSPS) is 25.0. The number of halogens is 2. The highest BCUT2D eigenvalue weighted by molar-refractivity contribution is 9.10. The topological polar surface area (TPSA) is 26.3 Å². The molecule has 1 aliphatic heterocycles. The molecule has 0 radical (unpaired) electrons. The van der Waals surface area contributed by atoms with Crippen molar-refractivity contribution in [2.45, 2.75) is 44.1 Å². The van der Waals surface area contributed by atoms with Gasteiger partial charge in [-0.3, -0.25) is 4.79 Å². The van der Waals surface area contributed by atoms with E-state index in [4.69, 9.17) is 4.74 Å². The summed E-state index contributed by atoms with van der Waals surface area (Å²) in [5.74, 6) is -0.341. The maximum Gasteiger partial charge on any atom is 0.166 e. The van der Waals surface area contributed by atoms with Crippen LogP contribution in [0.5, 0.6) is 0 Å². The lowest BCUT2D eigenvalue weighted by molar-refractivity contribution is -0.0866. The molecule has 1 saturated heterocycles. The molecule has 1 spiro atoms. The van der Waals surface area contributed by atoms with E-state index in [2.05, 4.69) is 15.9 Å². The van der Waals surface area contributed by atoms with Crippen molar-refractivity contribution in [3.8, 4) is 0 Å². The molecule has 20 heavy (non-hydrogen) atoms. The third kappa shape index (κ3) is 2.68. The Morgan fingerprint density at radius 1 is 1.35 bits per heavy atom. The summed E-state index contributed by atoms with van der Waals surface area (Å²) in [6.07, 6.45) is 6.04. The van der Waals surface area contributed by atoms with E-state index in [9.17, 15) is 9.18 Å². The van der Waals surface area contributed by atoms with Crippen LogP contribution in [0.2, 0.25) is 0 Å². The Labute approximate surface area is 126 Å². The van der Waals surface area contributed by atoms with E-state index in [-0.39, 0.29) is 23.1 Å². The Bertz CT molecular complexity index is 523. The van der Waals surface area contributed by atoms with Gasteiger partial charge in [-0.05, 0) is 53.7 Å². The zero-order valence-corrected chi connectivity index (χ0v) is 12.9. The molecule has 1 atom stereocenters. The molecule has 2 fully saturated rings. The molecule has 0 aromatic heterocycles. The average molecular weight is 341 g/mol. The van der Waals surface area contributed by atoms with Gasteiger partial charge in [-0.25, -0.2) is 4.39 Å². The van der Waals surface area contributed by atoms with Gasteiger partial charge in [0.25, 0.3) is 0 Å². The average Bonchev–Trinajstić information content (AvgIpc) is 2.89. The highest BCUT2D eigenvalue weighted by Gasteiger charge is 2.42. The van der Waals surface area contributed by atoms with Gasteiger partial charge < -0.3 is 4.74 Å². The number of Topliss-reactive ketones (excluding diaryl/α,β-unsaturated/α-hetero) is 1. The summed E-state index contributed by atoms with van der Waals surface area (Å²) in [5.41, 5.74) is 0.401. The molecule has 0 N–H and O–H groups in total. The van der Waals surface area contributed by atoms with Crippen molar-refractivity contribution in [1.82, 2.24) is 0 Å². The molecule has 1 saturated carbocycles. The monoisotopic (exact) mass is 340 g/mol. The van der Waals surface area contributed by atoms with Gasteiger partial charge in [-0.1, -0.05) is 18.9 Å². The van der Waals surface area contributed by atoms with Crippen molar-refractivity contribution in [3.05, 3.63) is 34.1 Å². The molecule has 4 heteroatoms. The summed E-state index contributed by atoms with van der Waals surface area (Å²) in [6.45, 7) is 0.648. The maximum absolute atomic E-state index is 13.6. The van der Waals surface area contributed by atoms with E-state index in [1.165, 1.54) is 18.9 Å². The number of carbonyl (C=O) groups is 1. The van der Waals surface area contributed by atoms with Gasteiger partial charge in [0.05, 0.1) is 10.1 Å². The molecule has 1 aliphatic carbocycles. The Morgan fingerprint density at radius 3 is 2.80 bits per heavy atom. The molecule has 108 valence electrons. The Morgan fingerprint density at radius 2 is 2.10 bits per heavy atom. The van der Waals surface area contributed by atoms with Crippen LogP contribution in [0.4, 0.5) is 4.39 Å². The third-order valence-corrected chi connectivity index (χ3v) is 5.23. The Hall–Kier alpha value is -0.740. The summed E-state index contributed by atoms with van der Waals surface area (Å²) in [5, 5.41) is 0. The fourth-order valence-corrected chi connectivity index (χ4v) is 3.75. The van der Waals surface area contributed by atoms with Crippen LogP contribution >= 0.6 is 15.9 Å². The first-order valence-corrected chi connectivity index (χ1v) is 8.02. The largest absolute Gasteiger partial charge is 0.375 e. The fraction of sp³-hybridized carbons (Fsp3) is 0.562. The number of rotatable bonds is 2. The highest BCUT2D eigenvalue weighted by atomic mass is 79.9. The quantitative estimate of drug-likeness (QED) is 0.740. The van der Waals surface area contributed by atoms with Crippen molar-refractivity contribution in [1.29, 1.82) is 0 Å². The van der Waals surface area contributed by atoms with Gasteiger partial charge in [0.2, 0.25) is 0 Å². The first kappa shape index (κ1) is 14.2. The lowest BCUT2D eigenvalue weighted by Gasteiger charge is -2.37. The van der Waals surface area contributed by atoms with E-state index in [1.807, 2.05) is 0 Å². The van der Waals surface area contributed by atoms with Gasteiger partial charge in [0, 0.05) is 18.1 Å². The number of ether oxygens (including phenoxy) is 1. The van der Waals surface area contributed by atoms with Crippen LogP contribution in [0.3, 0.4) is 0 Å². The zero-order chi connectivity index (χ0) is 14.2. The Balaban J connectivity index is 1.77. The first-order valence-electron chi connectivity index (χ1n) is 7.23. The molecule has 0 bridgehead atoms. The van der Waals surface area contributed by atoms with Gasteiger partial charge in [0.1, 0.15) is 5.82 Å². The number of hydrogen-bond donors (Lipinski definition) is 0. The van der Waals surface area contributed by atoms with Gasteiger partial charge >= 0.3 is 0 Å². The van der Waals surface area contributed by atoms with E-state index < -0.39 is 0 Å². The second-order valence-electron chi connectivity index (χ2n) is 5.92. The minimum absolute atomic E-state index is 0.0255. The molecule has 1 aromatic rings. The number of ketones is 1. The number of carbonyl (C=O) groups excluding carboxylic acids is 1. The zero-order valence-electron chi connectivity index (χ0n) is 11.3. The number of benzene rings is 1. The minimum atomic E-state index is -0.376. The predicted octanol–water partition coefficient (Wildman–Crippen LogP) is 4.51. The molecule has 1 aromatic carbocycles. The standard InChI is InChI=1S/C16H18BrFO2/c17-13-4-3-11(9-14(13)18)15(19)12-5-8-20-16(10-12)6-1-2-7-16/h3-4,9,12H,1-2,5-8,10H2. The third-order valence-electron chi connectivity index (χ3n) is 4.58. The molecule has 1 unspecified atom stereocenters. The van der Waals surface area contributed by atoms with Crippen molar-refractivity contribution in [2.75, 3.05) is 6.61 Å². The Kier molecular flexibility index (Phi) is 3.95. The van der Waals surface area contributed by atoms with Crippen molar-refractivity contribution >= 4 is 21.7 Å². The van der Waals surface area contributed by atoms with Gasteiger partial charge in [0.15, 0.2) is 5.78 Å². The molecule has 2 aliphatic rings. The highest BCUT2D eigenvalue weighted by Crippen LogP contribution is 2.42. The second kappa shape index (κ2) is 5.57. The summed E-state index contributed by atoms with van der Waals surface area (Å²) in [4.78, 5) is 12.6. The maximum atomic E-state index is 13.6. The minimum Gasteiger partial charge on any atom is -0.375 e. The smallest absolute Gasteiger partial charge is 0.166 e. The summed E-state index contributed by atoms with van der Waals surface area (Å²) in [6, 6.07) is 4.64. The number of hydrogen-bond acceptors (Lipinski definition) is 2. The summed E-state index contributed by atoms with van der Waals surface area (Å²) in [7, 11) is 0. The van der Waals surface area contributed by atoms with E-state index in [0.717, 1.165) is 25.7 Å². The lowest BCUT2D eigenvalue weighted by Crippen LogP contribution is -2.39. The van der Waals surface area contributed by atoms with Gasteiger partial charge in [-0.2, -0.15) is 0 Å². The van der Waals surface area contributed by atoms with Crippen molar-refractivity contribution in [3.63, 3.8) is 0 Å². The SMILES string of the molecule is O=C(c1ccc(Br)c(F)c1)C1CCOC2(CCCC2)C1. The van der Waals surface area contributed by atoms with Gasteiger partial charge in [-0.15, -0.1) is 0 Å². The van der Waals surface area contributed by atoms with E-state index >= 15 is 0 Å². The molecule has 0 amide bonds. The van der Waals surface area contributed by atoms with Crippen LogP contribution in [0, 0.1) is 11.7 Å². The lowest BCUT2D eigenvalue weighted by atomic mass is 9.81. The van der Waals surface area contributed by atoms with Crippen molar-refractivity contribution < 1.29 is 13.9 Å². The summed E-state index contributed by atoms with van der Waals surface area (Å²) < 4.78 is 19.9. The van der Waals surface area contributed by atoms with Crippen LogP contribution in [0.15, 0.2) is 22.7 Å². The molecular formula is C16H18BrFO2. The second-order valence-corrected chi connectivity index (χ2v) is 6.78. The van der Waals surface area contributed by atoms with E-state index in [0.29, 0.717) is 16.6 Å². The van der Waals surface area contributed by atoms with Crippen LogP contribution in [-0.2, 0) is 4.74 Å². The molecular weight excluding hydrogens is 323 g/mol. The first-order chi connectivity index (χ1) is 9.60. The fourth-order valence-electron chi connectivity index (χ4n) is 3.50. The molecule has 1 heterocycles. The molecule has 3 rings (SSSR count). The van der Waals surface area contributed by atoms with Crippen LogP contribution in [0.25, 0.3) is 0 Å². The van der Waals surface area contributed by atoms with Crippen LogP contribution in [-0.4, -0.2) is 18.0 Å². The summed E-state index contributed by atoms with van der Waals surface area (Å²) >= 11 is 3.12. The van der Waals surface area contributed by atoms with E-state index in [1.54, 1.807) is 12.1 Å². The van der Waals surface area contributed by atoms with Crippen molar-refractivity contribution in [2.24, 2.45) is 5.92 Å².